The number of ether oxygens (including phenoxy) is 3. The van der Waals surface area contributed by atoms with E-state index in [0.29, 0.717) is 55.8 Å². The number of nitrogens with zero attached hydrogens (tertiary/aromatic N) is 1. The van der Waals surface area contributed by atoms with Crippen molar-refractivity contribution in [2.75, 3.05) is 52.6 Å². The van der Waals surface area contributed by atoms with Crippen LogP contribution >= 0.6 is 23.2 Å². The third-order valence-corrected chi connectivity index (χ3v) is 5.84. The number of carbonyl (C=O) groups excluding carboxylic acids is 3. The zero-order valence-electron chi connectivity index (χ0n) is 21.4. The third kappa shape index (κ3) is 11.2. The minimum absolute atomic E-state index is 0.0134. The Bertz CT molecular complexity index is 980. The lowest BCUT2D eigenvalue weighted by Crippen LogP contribution is -2.34. The largest absolute Gasteiger partial charge is 0.503 e. The molecule has 2 rings (SSSR count). The number of rotatable bonds is 14. The smallest absolute Gasteiger partial charge is 0.407 e. The van der Waals surface area contributed by atoms with E-state index in [2.05, 4.69) is 10.6 Å². The van der Waals surface area contributed by atoms with Gasteiger partial charge in [0.15, 0.2) is 5.76 Å². The first-order valence-corrected chi connectivity index (χ1v) is 12.8. The zero-order valence-corrected chi connectivity index (χ0v) is 22.9. The number of carbonyl (C=O) groups is 3. The first kappa shape index (κ1) is 30.7. The number of hydrogen-bond donors (Lipinski definition) is 3. The van der Waals surface area contributed by atoms with E-state index >= 15 is 0 Å². The summed E-state index contributed by atoms with van der Waals surface area (Å²) in [6, 6.07) is 5.38. The first-order chi connectivity index (χ1) is 17.5. The summed E-state index contributed by atoms with van der Waals surface area (Å²) in [5.41, 5.74) is 0.483. The molecular formula is C25H35Cl2N3O7. The predicted molar refractivity (Wildman–Crippen MR) is 140 cm³/mol. The van der Waals surface area contributed by atoms with Crippen molar-refractivity contribution in [3.8, 4) is 0 Å². The van der Waals surface area contributed by atoms with Gasteiger partial charge in [0.2, 0.25) is 0 Å². The molecule has 0 saturated carbocycles. The molecular weight excluding hydrogens is 525 g/mol. The molecule has 1 aromatic rings. The summed E-state index contributed by atoms with van der Waals surface area (Å²) in [5.74, 6) is -1.62. The van der Waals surface area contributed by atoms with E-state index in [1.54, 1.807) is 32.9 Å². The summed E-state index contributed by atoms with van der Waals surface area (Å²) >= 11 is 11.9. The predicted octanol–water partition coefficient (Wildman–Crippen LogP) is 3.25. The quantitative estimate of drug-likeness (QED) is 0.298. The molecule has 0 aliphatic carbocycles. The van der Waals surface area contributed by atoms with Gasteiger partial charge in [0, 0.05) is 19.6 Å². The van der Waals surface area contributed by atoms with Crippen molar-refractivity contribution in [3.05, 3.63) is 45.1 Å². The molecule has 0 aromatic heterocycles. The Morgan fingerprint density at radius 2 is 1.73 bits per heavy atom. The van der Waals surface area contributed by atoms with Gasteiger partial charge in [0.05, 0.1) is 48.6 Å². The second-order valence-corrected chi connectivity index (χ2v) is 10.1. The molecule has 206 valence electrons. The molecule has 0 fully saturated rings. The monoisotopic (exact) mass is 559 g/mol. The number of halogens is 2. The number of hydrogen-bond acceptors (Lipinski definition) is 7. The lowest BCUT2D eigenvalue weighted by atomic mass is 10.1. The van der Waals surface area contributed by atoms with Crippen LogP contribution in [-0.4, -0.2) is 86.1 Å². The first-order valence-electron chi connectivity index (χ1n) is 12.0. The maximum Gasteiger partial charge on any atom is 0.407 e. The lowest BCUT2D eigenvalue weighted by molar-refractivity contribution is -0.128. The topological polar surface area (TPSA) is 126 Å². The van der Waals surface area contributed by atoms with Crippen LogP contribution in [0.5, 0.6) is 0 Å². The molecule has 37 heavy (non-hydrogen) atoms. The number of aryl methyl sites for hydroxylation is 1. The van der Waals surface area contributed by atoms with Crippen LogP contribution in [0.4, 0.5) is 4.79 Å². The molecule has 0 saturated heterocycles. The van der Waals surface area contributed by atoms with Crippen LogP contribution in [0.1, 0.15) is 32.8 Å². The highest BCUT2D eigenvalue weighted by molar-refractivity contribution is 6.42. The van der Waals surface area contributed by atoms with Crippen LogP contribution < -0.4 is 10.6 Å². The van der Waals surface area contributed by atoms with Crippen molar-refractivity contribution in [3.63, 3.8) is 0 Å². The number of alkyl carbamates (subject to hydrolysis) is 1. The summed E-state index contributed by atoms with van der Waals surface area (Å²) in [4.78, 5) is 37.6. The fraction of sp³-hybridized carbons (Fsp3) is 0.560. The number of nitrogens with one attached hydrogen (secondary N) is 2. The van der Waals surface area contributed by atoms with Gasteiger partial charge in [-0.3, -0.25) is 9.59 Å². The van der Waals surface area contributed by atoms with Crippen molar-refractivity contribution in [2.24, 2.45) is 0 Å². The molecule has 0 atom stereocenters. The molecule has 0 radical (unpaired) electrons. The van der Waals surface area contributed by atoms with Gasteiger partial charge in [-0.2, -0.15) is 0 Å². The Hall–Kier alpha value is -2.53. The van der Waals surface area contributed by atoms with Gasteiger partial charge in [0.25, 0.3) is 11.8 Å². The van der Waals surface area contributed by atoms with E-state index in [0.717, 1.165) is 5.56 Å². The van der Waals surface area contributed by atoms with Crippen LogP contribution in [0.15, 0.2) is 29.5 Å². The highest BCUT2D eigenvalue weighted by Gasteiger charge is 2.33. The van der Waals surface area contributed by atoms with Gasteiger partial charge in [0.1, 0.15) is 5.60 Å². The minimum Gasteiger partial charge on any atom is -0.503 e. The molecule has 0 spiro atoms. The number of aliphatic hydroxyl groups excluding tert-OH is 1. The summed E-state index contributed by atoms with van der Waals surface area (Å²) in [6.07, 6.45) is 0.840. The van der Waals surface area contributed by atoms with Crippen LogP contribution in [0.25, 0.3) is 0 Å². The lowest BCUT2D eigenvalue weighted by Gasteiger charge is -2.19. The average Bonchev–Trinajstić information content (AvgIpc) is 3.10. The third-order valence-electron chi connectivity index (χ3n) is 5.10. The van der Waals surface area contributed by atoms with Crippen molar-refractivity contribution >= 4 is 41.1 Å². The Morgan fingerprint density at radius 1 is 1.03 bits per heavy atom. The molecule has 10 nitrogen and oxygen atoms in total. The molecule has 3 amide bonds. The van der Waals surface area contributed by atoms with E-state index in [1.807, 2.05) is 6.07 Å². The molecule has 1 aliphatic heterocycles. The summed E-state index contributed by atoms with van der Waals surface area (Å²) < 4.78 is 15.9. The second kappa shape index (κ2) is 15.0. The molecule has 12 heteroatoms. The number of amides is 3. The molecule has 3 N–H and O–H groups in total. The summed E-state index contributed by atoms with van der Waals surface area (Å²) in [7, 11) is 0. The van der Waals surface area contributed by atoms with Gasteiger partial charge in [-0.05, 0) is 51.3 Å². The molecule has 0 unspecified atom stereocenters. The van der Waals surface area contributed by atoms with E-state index < -0.39 is 29.3 Å². The van der Waals surface area contributed by atoms with Gasteiger partial charge in [-0.15, -0.1) is 0 Å². The average molecular weight is 560 g/mol. The van der Waals surface area contributed by atoms with E-state index in [-0.39, 0.29) is 25.3 Å². The maximum absolute atomic E-state index is 12.4. The van der Waals surface area contributed by atoms with E-state index in [1.165, 1.54) is 4.90 Å². The summed E-state index contributed by atoms with van der Waals surface area (Å²) in [6.45, 7) is 7.39. The zero-order chi connectivity index (χ0) is 27.4. The normalized spacial score (nSPS) is 13.8. The molecule has 1 aromatic carbocycles. The van der Waals surface area contributed by atoms with Crippen LogP contribution in [0, 0.1) is 0 Å². The van der Waals surface area contributed by atoms with Gasteiger partial charge in [-0.1, -0.05) is 29.3 Å². The van der Waals surface area contributed by atoms with E-state index in [4.69, 9.17) is 37.4 Å². The molecule has 0 bridgehead atoms. The molecule has 1 aliphatic rings. The van der Waals surface area contributed by atoms with Gasteiger partial charge in [-0.25, -0.2) is 4.79 Å². The second-order valence-electron chi connectivity index (χ2n) is 9.32. The highest BCUT2D eigenvalue weighted by Crippen LogP contribution is 2.23. The minimum atomic E-state index is -0.603. The SMILES string of the molecule is CC(C)(C)OC(=O)NCCOCCOCCN1CC(C(=O)NCCCc2ccc(Cl)c(Cl)c2)=C(O)C1=O. The Kier molecular flexibility index (Phi) is 12.5. The summed E-state index contributed by atoms with van der Waals surface area (Å²) in [5, 5.41) is 16.4. The fourth-order valence-electron chi connectivity index (χ4n) is 3.31. The Balaban J connectivity index is 1.56. The van der Waals surface area contributed by atoms with Crippen molar-refractivity contribution in [1.29, 1.82) is 0 Å². The Labute approximate surface area is 227 Å². The van der Waals surface area contributed by atoms with Gasteiger partial charge >= 0.3 is 6.09 Å². The van der Waals surface area contributed by atoms with Crippen molar-refractivity contribution in [1.82, 2.24) is 15.5 Å². The number of aliphatic hydroxyl groups is 1. The fourth-order valence-corrected chi connectivity index (χ4v) is 3.63. The van der Waals surface area contributed by atoms with Crippen LogP contribution in [-0.2, 0) is 30.2 Å². The van der Waals surface area contributed by atoms with Crippen LogP contribution in [0.2, 0.25) is 10.0 Å². The molecule has 1 heterocycles. The Morgan fingerprint density at radius 3 is 2.41 bits per heavy atom. The van der Waals surface area contributed by atoms with Crippen molar-refractivity contribution < 1.29 is 33.7 Å². The maximum atomic E-state index is 12.4. The van der Waals surface area contributed by atoms with E-state index in [9.17, 15) is 19.5 Å². The highest BCUT2D eigenvalue weighted by atomic mass is 35.5. The van der Waals surface area contributed by atoms with Gasteiger partial charge < -0.3 is 34.9 Å². The standard InChI is InChI=1S/C25H35Cl2N3O7/c1-25(2,3)37-24(34)29-9-11-35-13-14-36-12-10-30-16-18(21(31)23(30)33)22(32)28-8-4-5-17-6-7-19(26)20(27)15-17/h6-7,15,31H,4-5,8-14,16H2,1-3H3,(H,28,32)(H,29,34). The number of benzene rings is 1. The van der Waals surface area contributed by atoms with Crippen molar-refractivity contribution in [2.45, 2.75) is 39.2 Å². The van der Waals surface area contributed by atoms with Crippen LogP contribution in [0.3, 0.4) is 0 Å².